The zero-order valence-corrected chi connectivity index (χ0v) is 8.68. The van der Waals surface area contributed by atoms with Gasteiger partial charge in [-0.25, -0.2) is 4.21 Å². The summed E-state index contributed by atoms with van der Waals surface area (Å²) < 4.78 is 15.6. The summed E-state index contributed by atoms with van der Waals surface area (Å²) in [7, 11) is -2.19. The van der Waals surface area contributed by atoms with Crippen LogP contribution in [0.1, 0.15) is 19.8 Å². The zero-order valence-electron chi connectivity index (χ0n) is 7.86. The molecule has 1 aliphatic heterocycles. The predicted molar refractivity (Wildman–Crippen MR) is 52.8 cm³/mol. The van der Waals surface area contributed by atoms with Gasteiger partial charge in [-0.15, -0.1) is 0 Å². The number of carbonyl (C=O) groups is 1. The van der Waals surface area contributed by atoms with Crippen molar-refractivity contribution in [2.24, 2.45) is 16.0 Å². The molecule has 1 saturated heterocycles. The molecule has 0 aromatic heterocycles. The molecule has 1 amide bonds. The summed E-state index contributed by atoms with van der Waals surface area (Å²) >= 11 is 0. The van der Waals surface area contributed by atoms with Gasteiger partial charge in [0.1, 0.15) is 0 Å². The molecular formula is C8H16N2O2S. The van der Waals surface area contributed by atoms with Crippen molar-refractivity contribution < 1.29 is 9.00 Å². The Hall–Kier alpha value is -0.420. The largest absolute Gasteiger partial charge is 0.330 e. The first-order valence-corrected chi connectivity index (χ1v) is 6.39. The third-order valence-corrected chi connectivity index (χ3v) is 4.57. The van der Waals surface area contributed by atoms with Crippen LogP contribution in [0, 0.1) is 5.92 Å². The second-order valence-electron chi connectivity index (χ2n) is 3.45. The minimum absolute atomic E-state index is 0.276. The lowest BCUT2D eigenvalue weighted by Gasteiger charge is -2.04. The highest BCUT2D eigenvalue weighted by molar-refractivity contribution is 7.94. The summed E-state index contributed by atoms with van der Waals surface area (Å²) in [6, 6.07) is 0. The Kier molecular flexibility index (Phi) is 3.44. The summed E-state index contributed by atoms with van der Waals surface area (Å²) in [4.78, 5) is 11.3. The highest BCUT2D eigenvalue weighted by Crippen LogP contribution is 2.14. The fraction of sp³-hybridized carbons (Fsp3) is 0.875. The van der Waals surface area contributed by atoms with E-state index in [1.54, 1.807) is 6.92 Å². The summed E-state index contributed by atoms with van der Waals surface area (Å²) in [5, 5.41) is 0. The van der Waals surface area contributed by atoms with Gasteiger partial charge in [-0.2, -0.15) is 4.36 Å². The number of hydrogen-bond acceptors (Lipinski definition) is 3. The first-order chi connectivity index (χ1) is 6.07. The molecule has 0 spiro atoms. The predicted octanol–water partition coefficient (Wildman–Crippen LogP) is 0.370. The lowest BCUT2D eigenvalue weighted by molar-refractivity contribution is -0.120. The molecule has 76 valence electrons. The standard InChI is InChI=1S/C8H16N2O2S/c1-7(6-9)8(11)10-13(12)4-2-3-5-13/h7H,2-6,9H2,1H3. The van der Waals surface area contributed by atoms with Crippen LogP contribution in [0.3, 0.4) is 0 Å². The Bertz CT molecular complexity index is 293. The average molecular weight is 204 g/mol. The maximum atomic E-state index is 11.8. The molecule has 0 aliphatic carbocycles. The molecule has 2 N–H and O–H groups in total. The van der Waals surface area contributed by atoms with Gasteiger partial charge in [0, 0.05) is 18.1 Å². The van der Waals surface area contributed by atoms with Crippen molar-refractivity contribution in [3.8, 4) is 0 Å². The smallest absolute Gasteiger partial charge is 0.257 e. The highest BCUT2D eigenvalue weighted by Gasteiger charge is 2.19. The average Bonchev–Trinajstić information content (AvgIpc) is 2.50. The molecule has 0 saturated carbocycles. The normalized spacial score (nSPS) is 22.6. The van der Waals surface area contributed by atoms with Crippen LogP contribution < -0.4 is 5.73 Å². The van der Waals surface area contributed by atoms with Crippen molar-refractivity contribution in [1.82, 2.24) is 0 Å². The maximum absolute atomic E-state index is 11.8. The lowest BCUT2D eigenvalue weighted by Crippen LogP contribution is -2.20. The lowest BCUT2D eigenvalue weighted by atomic mass is 10.2. The van der Waals surface area contributed by atoms with Crippen LogP contribution in [0.15, 0.2) is 4.36 Å². The molecule has 5 heteroatoms. The molecule has 1 unspecified atom stereocenters. The van der Waals surface area contributed by atoms with Crippen LogP contribution in [0.25, 0.3) is 0 Å². The highest BCUT2D eigenvalue weighted by atomic mass is 32.2. The third-order valence-electron chi connectivity index (χ3n) is 2.21. The molecule has 1 fully saturated rings. The molecule has 1 rings (SSSR count). The molecule has 1 aliphatic rings. The van der Waals surface area contributed by atoms with Crippen LogP contribution in [0.5, 0.6) is 0 Å². The number of carbonyl (C=O) groups excluding carboxylic acids is 1. The van der Waals surface area contributed by atoms with Gasteiger partial charge in [0.2, 0.25) is 0 Å². The first kappa shape index (κ1) is 10.7. The molecule has 0 radical (unpaired) electrons. The summed E-state index contributed by atoms with van der Waals surface area (Å²) in [6.07, 6.45) is 1.85. The van der Waals surface area contributed by atoms with Gasteiger partial charge in [-0.1, -0.05) is 6.92 Å². The minimum atomic E-state index is -2.19. The number of nitrogens with zero attached hydrogens (tertiary/aromatic N) is 1. The third kappa shape index (κ3) is 2.77. The molecule has 0 aromatic carbocycles. The van der Waals surface area contributed by atoms with E-state index in [2.05, 4.69) is 4.36 Å². The van der Waals surface area contributed by atoms with Crippen LogP contribution in [0.4, 0.5) is 0 Å². The van der Waals surface area contributed by atoms with Gasteiger partial charge in [-0.3, -0.25) is 4.79 Å². The van der Waals surface area contributed by atoms with E-state index in [1.807, 2.05) is 0 Å². The second kappa shape index (κ2) is 4.19. The van der Waals surface area contributed by atoms with E-state index in [9.17, 15) is 9.00 Å². The number of amides is 1. The molecule has 13 heavy (non-hydrogen) atoms. The van der Waals surface area contributed by atoms with Crippen molar-refractivity contribution in [2.45, 2.75) is 19.8 Å². The van der Waals surface area contributed by atoms with Crippen molar-refractivity contribution in [3.05, 3.63) is 0 Å². The summed E-state index contributed by atoms with van der Waals surface area (Å²) in [5.74, 6) is 0.569. The van der Waals surface area contributed by atoms with Crippen LogP contribution in [0.2, 0.25) is 0 Å². The Morgan fingerprint density at radius 1 is 1.54 bits per heavy atom. The van der Waals surface area contributed by atoms with Gasteiger partial charge in [0.15, 0.2) is 0 Å². The van der Waals surface area contributed by atoms with Crippen LogP contribution in [-0.2, 0) is 14.5 Å². The van der Waals surface area contributed by atoms with Gasteiger partial charge < -0.3 is 5.73 Å². The molecule has 1 atom stereocenters. The Labute approximate surface area is 79.1 Å². The van der Waals surface area contributed by atoms with E-state index in [0.29, 0.717) is 11.5 Å². The minimum Gasteiger partial charge on any atom is -0.330 e. The van der Waals surface area contributed by atoms with Crippen LogP contribution >= 0.6 is 0 Å². The quantitative estimate of drug-likeness (QED) is 0.706. The fourth-order valence-electron chi connectivity index (χ4n) is 1.20. The maximum Gasteiger partial charge on any atom is 0.257 e. The van der Waals surface area contributed by atoms with E-state index in [-0.39, 0.29) is 18.4 Å². The van der Waals surface area contributed by atoms with Gasteiger partial charge >= 0.3 is 0 Å². The van der Waals surface area contributed by atoms with Crippen molar-refractivity contribution in [1.29, 1.82) is 0 Å². The molecule has 0 aromatic rings. The van der Waals surface area contributed by atoms with Crippen molar-refractivity contribution in [2.75, 3.05) is 18.1 Å². The first-order valence-electron chi connectivity index (χ1n) is 4.54. The van der Waals surface area contributed by atoms with E-state index in [4.69, 9.17) is 5.73 Å². The zero-order chi connectivity index (χ0) is 9.90. The monoisotopic (exact) mass is 204 g/mol. The topological polar surface area (TPSA) is 72.5 Å². The molecule has 0 bridgehead atoms. The molecule has 4 nitrogen and oxygen atoms in total. The van der Waals surface area contributed by atoms with Crippen molar-refractivity contribution >= 4 is 15.6 Å². The summed E-state index contributed by atoms with van der Waals surface area (Å²) in [6.45, 7) is 1.99. The van der Waals surface area contributed by atoms with Gasteiger partial charge in [0.05, 0.1) is 15.6 Å². The number of hydrogen-bond donors (Lipinski definition) is 1. The SMILES string of the molecule is CC(CN)C(=O)N=S1(=O)CCCC1. The summed E-state index contributed by atoms with van der Waals surface area (Å²) in [5.41, 5.74) is 5.32. The van der Waals surface area contributed by atoms with Gasteiger partial charge in [-0.05, 0) is 12.8 Å². The molecule has 1 heterocycles. The Morgan fingerprint density at radius 3 is 2.54 bits per heavy atom. The number of rotatable bonds is 2. The van der Waals surface area contributed by atoms with E-state index in [0.717, 1.165) is 12.8 Å². The molecular weight excluding hydrogens is 188 g/mol. The Morgan fingerprint density at radius 2 is 2.08 bits per heavy atom. The van der Waals surface area contributed by atoms with Crippen LogP contribution in [-0.4, -0.2) is 28.2 Å². The van der Waals surface area contributed by atoms with E-state index in [1.165, 1.54) is 0 Å². The van der Waals surface area contributed by atoms with Crippen molar-refractivity contribution in [3.63, 3.8) is 0 Å². The van der Waals surface area contributed by atoms with E-state index < -0.39 is 9.73 Å². The number of nitrogens with two attached hydrogens (primary N) is 1. The van der Waals surface area contributed by atoms with E-state index >= 15 is 0 Å². The van der Waals surface area contributed by atoms with Gasteiger partial charge in [0.25, 0.3) is 5.91 Å². The fourth-order valence-corrected chi connectivity index (χ4v) is 3.41. The Balaban J connectivity index is 2.75. The second-order valence-corrected chi connectivity index (χ2v) is 6.00.